The van der Waals surface area contributed by atoms with Crippen LogP contribution in [-0.4, -0.2) is 35.2 Å². The van der Waals surface area contributed by atoms with E-state index in [1.54, 1.807) is 6.21 Å². The molecule has 6 heteroatoms. The first-order chi connectivity index (χ1) is 19.3. The van der Waals surface area contributed by atoms with Crippen molar-refractivity contribution in [1.82, 2.24) is 10.2 Å². The van der Waals surface area contributed by atoms with Crippen LogP contribution in [0.5, 0.6) is 5.75 Å². The van der Waals surface area contributed by atoms with Crippen LogP contribution in [0.3, 0.4) is 0 Å². The molecule has 0 atom stereocenters. The summed E-state index contributed by atoms with van der Waals surface area (Å²) >= 11 is -3.88. The van der Waals surface area contributed by atoms with E-state index in [0.717, 1.165) is 16.9 Å². The molecule has 0 spiro atoms. The van der Waals surface area contributed by atoms with E-state index < -0.39 is 18.8 Å². The second kappa shape index (κ2) is 11.5. The molecule has 0 N–H and O–H groups in total. The van der Waals surface area contributed by atoms with Gasteiger partial charge in [-0.3, -0.25) is 0 Å². The molecule has 0 saturated carbocycles. The van der Waals surface area contributed by atoms with Gasteiger partial charge in [-0.2, -0.15) is 0 Å². The summed E-state index contributed by atoms with van der Waals surface area (Å²) < 4.78 is 16.6. The summed E-state index contributed by atoms with van der Waals surface area (Å²) in [6.45, 7) is 0. The molecule has 5 nitrogen and oxygen atoms in total. The molecule has 0 saturated heterocycles. The van der Waals surface area contributed by atoms with Crippen LogP contribution in [0, 0.1) is 0 Å². The Bertz CT molecular complexity index is 1560. The molecule has 0 aliphatic heterocycles. The van der Waals surface area contributed by atoms with Crippen LogP contribution in [0.25, 0.3) is 11.5 Å². The Labute approximate surface area is 231 Å². The third kappa shape index (κ3) is 5.40. The van der Waals surface area contributed by atoms with E-state index in [4.69, 9.17) is 7.49 Å². The van der Waals surface area contributed by atoms with Gasteiger partial charge in [0.2, 0.25) is 0 Å². The quantitative estimate of drug-likeness (QED) is 0.167. The van der Waals surface area contributed by atoms with Gasteiger partial charge in [0.1, 0.15) is 0 Å². The fraction of sp³-hybridized carbons (Fsp3) is 0. The molecule has 0 aliphatic carbocycles. The molecule has 0 fully saturated rings. The number of nitrogens with zero attached hydrogens (tertiary/aromatic N) is 3. The first-order valence-corrected chi connectivity index (χ1v) is 18.1. The van der Waals surface area contributed by atoms with Crippen molar-refractivity contribution in [3.05, 3.63) is 151 Å². The van der Waals surface area contributed by atoms with Gasteiger partial charge in [0.25, 0.3) is 0 Å². The molecule has 5 aromatic carbocycles. The van der Waals surface area contributed by atoms with E-state index in [2.05, 4.69) is 106 Å². The molecular weight excluding hydrogens is 589 g/mol. The topological polar surface area (TPSA) is 60.5 Å². The number of rotatable bonds is 8. The molecule has 1 heterocycles. The van der Waals surface area contributed by atoms with Crippen molar-refractivity contribution in [3.8, 4) is 17.2 Å². The Balaban J connectivity index is 1.31. The molecule has 39 heavy (non-hydrogen) atoms. The normalized spacial score (nSPS) is 11.5. The van der Waals surface area contributed by atoms with Gasteiger partial charge in [0, 0.05) is 0 Å². The third-order valence-corrected chi connectivity index (χ3v) is 17.8. The van der Waals surface area contributed by atoms with Crippen LogP contribution in [0.4, 0.5) is 6.01 Å². The number of benzene rings is 5. The van der Waals surface area contributed by atoms with Crippen LogP contribution in [-0.2, 0) is 0 Å². The van der Waals surface area contributed by atoms with Crippen molar-refractivity contribution in [3.63, 3.8) is 0 Å². The van der Waals surface area contributed by atoms with Gasteiger partial charge in [0.05, 0.1) is 0 Å². The number of hydrogen-bond donors (Lipinski definition) is 0. The summed E-state index contributed by atoms with van der Waals surface area (Å²) in [5.74, 6) is 1.27. The molecule has 0 aliphatic rings. The fourth-order valence-corrected chi connectivity index (χ4v) is 15.5. The Morgan fingerprint density at radius 3 is 1.56 bits per heavy atom. The Morgan fingerprint density at radius 1 is 0.564 bits per heavy atom. The van der Waals surface area contributed by atoms with E-state index >= 15 is 0 Å². The average Bonchev–Trinajstić information content (AvgIpc) is 3.50. The number of hydrogen-bond acceptors (Lipinski definition) is 5. The van der Waals surface area contributed by atoms with Gasteiger partial charge >= 0.3 is 215 Å². The van der Waals surface area contributed by atoms with Gasteiger partial charge in [-0.15, -0.1) is 0 Å². The van der Waals surface area contributed by atoms with Crippen molar-refractivity contribution in [2.75, 3.05) is 0 Å². The molecular formula is C33H25N3O2Sn. The van der Waals surface area contributed by atoms with E-state index in [1.807, 2.05) is 54.6 Å². The van der Waals surface area contributed by atoms with E-state index in [1.165, 1.54) is 10.7 Å². The first kappa shape index (κ1) is 24.8. The summed E-state index contributed by atoms with van der Waals surface area (Å²) in [6.07, 6.45) is 1.72. The van der Waals surface area contributed by atoms with Crippen LogP contribution >= 0.6 is 0 Å². The maximum atomic E-state index is 7.16. The SMILES string of the molecule is C(=N\c1nnc(-c2ccccc2)o1)/c1ccc([O][Sn]([c]2ccccc2)([c]2ccccc2)[c]2ccccc2)cc1. The van der Waals surface area contributed by atoms with Crippen LogP contribution in [0.2, 0.25) is 0 Å². The molecule has 1 aromatic heterocycles. The minimum absolute atomic E-state index is 0.210. The maximum absolute atomic E-state index is 7.16. The van der Waals surface area contributed by atoms with E-state index in [9.17, 15) is 0 Å². The van der Waals surface area contributed by atoms with Crippen LogP contribution < -0.4 is 13.8 Å². The van der Waals surface area contributed by atoms with Crippen molar-refractivity contribution in [2.45, 2.75) is 0 Å². The zero-order chi connectivity index (χ0) is 26.3. The number of aromatic nitrogens is 2. The van der Waals surface area contributed by atoms with Gasteiger partial charge in [-0.1, -0.05) is 18.2 Å². The molecule has 0 radical (unpaired) electrons. The third-order valence-electron chi connectivity index (χ3n) is 6.45. The standard InChI is InChI=1S/C15H11N3O2.3C6H5.Sn/c19-13-8-6-11(7-9-13)10-16-15-18-17-14(20-15)12-4-2-1-3-5-12;3*1-2-4-6-5-3-1;/h1-10,19H;3*1-5H;/q;;;;+1/p-1/b16-10+;;;;. The average molecular weight is 614 g/mol. The molecule has 6 rings (SSSR count). The Kier molecular flexibility index (Phi) is 7.32. The summed E-state index contributed by atoms with van der Waals surface area (Å²) in [5, 5.41) is 8.14. The predicted octanol–water partition coefficient (Wildman–Crippen LogP) is 5.53. The number of aliphatic imine (C=N–C) groups is 1. The van der Waals surface area contributed by atoms with Crippen LogP contribution in [0.15, 0.2) is 155 Å². The predicted molar refractivity (Wildman–Crippen MR) is 158 cm³/mol. The second-order valence-corrected chi connectivity index (χ2v) is 18.4. The monoisotopic (exact) mass is 615 g/mol. The van der Waals surface area contributed by atoms with Crippen molar-refractivity contribution in [1.29, 1.82) is 0 Å². The molecule has 0 amide bonds. The zero-order valence-corrected chi connectivity index (χ0v) is 23.9. The van der Waals surface area contributed by atoms with Gasteiger partial charge < -0.3 is 0 Å². The molecule has 6 aromatic rings. The Hall–Kier alpha value is -4.49. The van der Waals surface area contributed by atoms with Gasteiger partial charge in [-0.05, 0) is 0 Å². The fourth-order valence-electron chi connectivity index (χ4n) is 4.59. The van der Waals surface area contributed by atoms with Crippen LogP contribution in [0.1, 0.15) is 5.56 Å². The summed E-state index contributed by atoms with van der Waals surface area (Å²) in [7, 11) is 0. The van der Waals surface area contributed by atoms with E-state index in [-0.39, 0.29) is 6.01 Å². The minimum atomic E-state index is -3.88. The molecule has 0 unspecified atom stereocenters. The van der Waals surface area contributed by atoms with Gasteiger partial charge in [-0.25, -0.2) is 0 Å². The van der Waals surface area contributed by atoms with E-state index in [0.29, 0.717) is 5.89 Å². The molecule has 0 bridgehead atoms. The van der Waals surface area contributed by atoms with Gasteiger partial charge in [0.15, 0.2) is 0 Å². The molecule has 188 valence electrons. The summed E-state index contributed by atoms with van der Waals surface area (Å²) in [6, 6.07) is 49.8. The summed E-state index contributed by atoms with van der Waals surface area (Å²) in [5.41, 5.74) is 1.76. The van der Waals surface area contributed by atoms with Crippen molar-refractivity contribution >= 4 is 41.8 Å². The summed E-state index contributed by atoms with van der Waals surface area (Å²) in [4.78, 5) is 4.38. The Morgan fingerprint density at radius 2 is 1.05 bits per heavy atom. The zero-order valence-electron chi connectivity index (χ0n) is 21.1. The second-order valence-electron chi connectivity index (χ2n) is 8.96. The van der Waals surface area contributed by atoms with Crippen molar-refractivity contribution in [2.24, 2.45) is 4.99 Å². The first-order valence-electron chi connectivity index (χ1n) is 12.7. The van der Waals surface area contributed by atoms with Crippen molar-refractivity contribution < 1.29 is 7.49 Å².